The van der Waals surface area contributed by atoms with Crippen molar-refractivity contribution in [3.63, 3.8) is 0 Å². The number of methoxy groups -OCH3 is 1. The van der Waals surface area contributed by atoms with Crippen molar-refractivity contribution in [1.82, 2.24) is 14.8 Å². The molecule has 1 aromatic carbocycles. The average Bonchev–Trinajstić information content (AvgIpc) is 3.59. The summed E-state index contributed by atoms with van der Waals surface area (Å²) in [5.41, 5.74) is 4.55. The third-order valence-electron chi connectivity index (χ3n) is 5.99. The highest BCUT2D eigenvalue weighted by atomic mass is 32.2. The Labute approximate surface area is 215 Å². The Morgan fingerprint density at radius 1 is 1.09 bits per heavy atom. The Morgan fingerprint density at radius 2 is 1.86 bits per heavy atom. The molecule has 0 radical (unpaired) electrons. The molecule has 10 heteroatoms. The number of nitrogens with zero attached hydrogens (tertiary/aromatic N) is 3. The number of nitrogens with one attached hydrogen (secondary N) is 1. The maximum absolute atomic E-state index is 12.8. The van der Waals surface area contributed by atoms with E-state index in [1.165, 1.54) is 53.5 Å². The Hall–Kier alpha value is -2.95. The number of hydrogen-bond donors (Lipinski definition) is 1. The molecule has 1 amide bonds. The van der Waals surface area contributed by atoms with Gasteiger partial charge in [-0.05, 0) is 36.8 Å². The Morgan fingerprint density at radius 3 is 2.66 bits per heavy atom. The van der Waals surface area contributed by atoms with Crippen molar-refractivity contribution in [2.75, 3.05) is 18.2 Å². The van der Waals surface area contributed by atoms with Crippen LogP contribution in [0, 0.1) is 0 Å². The van der Waals surface area contributed by atoms with E-state index in [2.05, 4.69) is 20.9 Å². The first-order valence-electron chi connectivity index (χ1n) is 11.2. The second-order valence-electron chi connectivity index (χ2n) is 8.17. The van der Waals surface area contributed by atoms with E-state index < -0.39 is 5.97 Å². The molecule has 35 heavy (non-hydrogen) atoms. The maximum Gasteiger partial charge on any atom is 0.341 e. The number of thiophene rings is 2. The molecular weight excluding hydrogens is 501 g/mol. The molecule has 3 aromatic heterocycles. The summed E-state index contributed by atoms with van der Waals surface area (Å²) >= 11 is 4.43. The highest BCUT2D eigenvalue weighted by Gasteiger charge is 2.24. The van der Waals surface area contributed by atoms with Crippen LogP contribution in [0.5, 0.6) is 0 Å². The van der Waals surface area contributed by atoms with E-state index in [-0.39, 0.29) is 11.7 Å². The number of hydrogen-bond acceptors (Lipinski definition) is 8. The quantitative estimate of drug-likeness (QED) is 0.248. The molecule has 0 atom stereocenters. The zero-order valence-electron chi connectivity index (χ0n) is 19.4. The number of rotatable bonds is 7. The number of esters is 1. The summed E-state index contributed by atoms with van der Waals surface area (Å²) in [4.78, 5) is 26.8. The van der Waals surface area contributed by atoms with Crippen LogP contribution in [0.3, 0.4) is 0 Å². The van der Waals surface area contributed by atoms with Crippen LogP contribution in [0.25, 0.3) is 22.5 Å². The van der Waals surface area contributed by atoms with Crippen LogP contribution in [0.4, 0.5) is 5.00 Å². The fourth-order valence-electron chi connectivity index (χ4n) is 4.23. The van der Waals surface area contributed by atoms with Gasteiger partial charge in [-0.25, -0.2) is 4.79 Å². The molecule has 3 heterocycles. The summed E-state index contributed by atoms with van der Waals surface area (Å²) in [6, 6.07) is 9.57. The van der Waals surface area contributed by atoms with Crippen LogP contribution < -0.4 is 5.32 Å². The molecule has 4 aromatic rings. The first-order valence-corrected chi connectivity index (χ1v) is 14.0. The van der Waals surface area contributed by atoms with Gasteiger partial charge in [-0.15, -0.1) is 32.9 Å². The standard InChI is InChI=1S/C25H24N4O3S3/c1-29-22(18-13-33-19-11-7-6-10-16(18)19)27-28-25(29)35-14-20(30)26-23-21(24(31)32-2)17(12-34-23)15-8-4-3-5-9-15/h3-5,8-9,12-13H,6-7,10-11,14H2,1-2H3,(H,26,30). The Kier molecular flexibility index (Phi) is 7.03. The minimum atomic E-state index is -0.481. The number of carbonyl (C=O) groups is 2. The molecule has 1 N–H and O–H groups in total. The molecule has 0 saturated heterocycles. The second kappa shape index (κ2) is 10.3. The zero-order chi connectivity index (χ0) is 24.4. The molecule has 7 nitrogen and oxygen atoms in total. The number of thioether (sulfide) groups is 1. The van der Waals surface area contributed by atoms with Gasteiger partial charge >= 0.3 is 5.97 Å². The predicted octanol–water partition coefficient (Wildman–Crippen LogP) is 5.67. The molecule has 0 aliphatic heterocycles. The SMILES string of the molecule is COC(=O)c1c(-c2ccccc2)csc1NC(=O)CSc1nnc(-c2csc3c2CCCC3)n1C. The highest BCUT2D eigenvalue weighted by molar-refractivity contribution is 7.99. The van der Waals surface area contributed by atoms with Crippen LogP contribution in [-0.2, 0) is 29.4 Å². The van der Waals surface area contributed by atoms with E-state index in [0.29, 0.717) is 15.7 Å². The third kappa shape index (κ3) is 4.78. The molecule has 5 rings (SSSR count). The molecule has 0 fully saturated rings. The van der Waals surface area contributed by atoms with Gasteiger partial charge in [0.25, 0.3) is 0 Å². The van der Waals surface area contributed by atoms with E-state index in [1.807, 2.05) is 47.3 Å². The summed E-state index contributed by atoms with van der Waals surface area (Å²) in [5, 5.41) is 16.8. The Bertz CT molecular complexity index is 1370. The zero-order valence-corrected chi connectivity index (χ0v) is 21.8. The van der Waals surface area contributed by atoms with Crippen molar-refractivity contribution in [3.8, 4) is 22.5 Å². The van der Waals surface area contributed by atoms with E-state index in [0.717, 1.165) is 35.4 Å². The number of amides is 1. The number of ether oxygens (including phenoxy) is 1. The van der Waals surface area contributed by atoms with E-state index in [1.54, 1.807) is 11.3 Å². The van der Waals surface area contributed by atoms with Crippen LogP contribution in [0.2, 0.25) is 0 Å². The molecular formula is C25H24N4O3S3. The lowest BCUT2D eigenvalue weighted by atomic mass is 9.96. The van der Waals surface area contributed by atoms with Gasteiger partial charge in [-0.1, -0.05) is 42.1 Å². The number of carbonyl (C=O) groups excluding carboxylic acids is 2. The number of anilines is 1. The van der Waals surface area contributed by atoms with Crippen LogP contribution in [-0.4, -0.2) is 39.5 Å². The van der Waals surface area contributed by atoms with Crippen molar-refractivity contribution in [2.24, 2.45) is 7.05 Å². The molecule has 0 bridgehead atoms. The molecule has 0 saturated carbocycles. The van der Waals surface area contributed by atoms with Gasteiger partial charge in [-0.2, -0.15) is 0 Å². The summed E-state index contributed by atoms with van der Waals surface area (Å²) in [5.74, 6) is 0.280. The number of fused-ring (bicyclic) bond motifs is 1. The predicted molar refractivity (Wildman–Crippen MR) is 141 cm³/mol. The van der Waals surface area contributed by atoms with Gasteiger partial charge in [0.05, 0.1) is 12.9 Å². The fourth-order valence-corrected chi connectivity index (χ4v) is 7.04. The van der Waals surface area contributed by atoms with Crippen molar-refractivity contribution >= 4 is 51.3 Å². The second-order valence-corrected chi connectivity index (χ2v) is 11.0. The van der Waals surface area contributed by atoms with Crippen molar-refractivity contribution in [1.29, 1.82) is 0 Å². The fraction of sp³-hybridized carbons (Fsp3) is 0.280. The number of aromatic nitrogens is 3. The van der Waals surface area contributed by atoms with Crippen LogP contribution >= 0.6 is 34.4 Å². The molecule has 180 valence electrons. The topological polar surface area (TPSA) is 86.1 Å². The lowest BCUT2D eigenvalue weighted by molar-refractivity contribution is -0.113. The third-order valence-corrected chi connectivity index (χ3v) is 8.99. The monoisotopic (exact) mass is 524 g/mol. The van der Waals surface area contributed by atoms with Gasteiger partial charge in [0, 0.05) is 33.8 Å². The normalized spacial score (nSPS) is 12.9. The van der Waals surface area contributed by atoms with Crippen molar-refractivity contribution in [2.45, 2.75) is 30.8 Å². The summed E-state index contributed by atoms with van der Waals surface area (Å²) in [7, 11) is 3.27. The highest BCUT2D eigenvalue weighted by Crippen LogP contribution is 2.37. The summed E-state index contributed by atoms with van der Waals surface area (Å²) < 4.78 is 6.94. The smallest absolute Gasteiger partial charge is 0.341 e. The minimum Gasteiger partial charge on any atom is -0.465 e. The minimum absolute atomic E-state index is 0.146. The van der Waals surface area contributed by atoms with Crippen molar-refractivity contribution in [3.05, 3.63) is 57.1 Å². The first kappa shape index (κ1) is 23.8. The lowest BCUT2D eigenvalue weighted by Gasteiger charge is -2.12. The molecule has 0 unspecified atom stereocenters. The van der Waals surface area contributed by atoms with E-state index >= 15 is 0 Å². The summed E-state index contributed by atoms with van der Waals surface area (Å²) in [6.07, 6.45) is 4.68. The largest absolute Gasteiger partial charge is 0.465 e. The van der Waals surface area contributed by atoms with Gasteiger partial charge in [0.1, 0.15) is 10.6 Å². The molecule has 0 spiro atoms. The maximum atomic E-state index is 12.8. The van der Waals surface area contributed by atoms with E-state index in [4.69, 9.17) is 4.74 Å². The van der Waals surface area contributed by atoms with Gasteiger partial charge in [0.15, 0.2) is 11.0 Å². The Balaban J connectivity index is 1.30. The van der Waals surface area contributed by atoms with E-state index in [9.17, 15) is 9.59 Å². The lowest BCUT2D eigenvalue weighted by Crippen LogP contribution is -2.16. The van der Waals surface area contributed by atoms with Gasteiger partial charge in [-0.3, -0.25) is 4.79 Å². The number of benzene rings is 1. The molecule has 1 aliphatic rings. The first-order chi connectivity index (χ1) is 17.1. The average molecular weight is 525 g/mol. The molecule has 1 aliphatic carbocycles. The van der Waals surface area contributed by atoms with Gasteiger partial charge in [0.2, 0.25) is 5.91 Å². The van der Waals surface area contributed by atoms with Crippen LogP contribution in [0.15, 0.2) is 46.2 Å². The van der Waals surface area contributed by atoms with Gasteiger partial charge < -0.3 is 14.6 Å². The summed E-state index contributed by atoms with van der Waals surface area (Å²) in [6.45, 7) is 0. The number of aryl methyl sites for hydroxylation is 1. The van der Waals surface area contributed by atoms with Crippen LogP contribution in [0.1, 0.15) is 33.6 Å². The van der Waals surface area contributed by atoms with Crippen molar-refractivity contribution < 1.29 is 14.3 Å².